The van der Waals surface area contributed by atoms with E-state index in [9.17, 15) is 9.00 Å². The number of hydrogen-bond donors (Lipinski definition) is 1. The summed E-state index contributed by atoms with van der Waals surface area (Å²) in [5.74, 6) is 0.405. The molecule has 0 aliphatic carbocycles. The highest BCUT2D eigenvalue weighted by atomic mass is 32.2. The molecule has 2 rings (SSSR count). The fraction of sp³-hybridized carbons (Fsp3) is 0.462. The number of anilines is 1. The molecule has 1 heterocycles. The number of nitrogens with zero attached hydrogens (tertiary/aromatic N) is 1. The molecule has 5 nitrogen and oxygen atoms in total. The molecule has 6 heteroatoms. The number of amides is 1. The van der Waals surface area contributed by atoms with Crippen LogP contribution < -0.4 is 10.5 Å². The molecule has 19 heavy (non-hydrogen) atoms. The molecule has 0 spiro atoms. The number of likely N-dealkylation sites (tertiary alicyclic amines) is 1. The van der Waals surface area contributed by atoms with Gasteiger partial charge in [-0.3, -0.25) is 9.00 Å². The average molecular weight is 282 g/mol. The van der Waals surface area contributed by atoms with Crippen molar-refractivity contribution in [3.05, 3.63) is 18.2 Å². The zero-order chi connectivity index (χ0) is 13.8. The van der Waals surface area contributed by atoms with Crippen molar-refractivity contribution >= 4 is 22.4 Å². The van der Waals surface area contributed by atoms with Gasteiger partial charge in [-0.15, -0.1) is 0 Å². The molecule has 1 aromatic rings. The summed E-state index contributed by atoms with van der Waals surface area (Å²) in [4.78, 5) is 14.2. The molecule has 0 bridgehead atoms. The van der Waals surface area contributed by atoms with E-state index in [4.69, 9.17) is 10.5 Å². The predicted octanol–water partition coefficient (Wildman–Crippen LogP) is 1.01. The maximum Gasteiger partial charge on any atom is 0.235 e. The molecule has 104 valence electrons. The van der Waals surface area contributed by atoms with E-state index in [1.807, 2.05) is 0 Å². The molecule has 1 saturated heterocycles. The maximum absolute atomic E-state index is 12.2. The smallest absolute Gasteiger partial charge is 0.235 e. The molecule has 0 saturated carbocycles. The first kappa shape index (κ1) is 13.9. The van der Waals surface area contributed by atoms with Gasteiger partial charge in [0.1, 0.15) is 11.5 Å². The van der Waals surface area contributed by atoms with E-state index in [0.717, 1.165) is 25.9 Å². The highest BCUT2D eigenvalue weighted by Gasteiger charge is 2.21. The Hall–Kier alpha value is -1.56. The van der Waals surface area contributed by atoms with Gasteiger partial charge in [0.25, 0.3) is 0 Å². The van der Waals surface area contributed by atoms with Crippen LogP contribution in [0, 0.1) is 0 Å². The van der Waals surface area contributed by atoms with Crippen LogP contribution in [0.4, 0.5) is 5.69 Å². The van der Waals surface area contributed by atoms with Crippen molar-refractivity contribution in [2.45, 2.75) is 17.7 Å². The van der Waals surface area contributed by atoms with Gasteiger partial charge in [-0.25, -0.2) is 0 Å². The maximum atomic E-state index is 12.2. The summed E-state index contributed by atoms with van der Waals surface area (Å²) in [6.45, 7) is 1.55. The normalized spacial score (nSPS) is 16.4. The monoisotopic (exact) mass is 282 g/mol. The number of carbonyl (C=O) groups excluding carboxylic acids is 1. The molecule has 1 amide bonds. The van der Waals surface area contributed by atoms with Gasteiger partial charge < -0.3 is 15.4 Å². The summed E-state index contributed by atoms with van der Waals surface area (Å²) in [5.41, 5.74) is 6.19. The van der Waals surface area contributed by atoms with E-state index in [0.29, 0.717) is 16.3 Å². The molecule has 1 atom stereocenters. The van der Waals surface area contributed by atoms with Crippen LogP contribution in [0.25, 0.3) is 0 Å². The van der Waals surface area contributed by atoms with Gasteiger partial charge in [0.05, 0.1) is 22.8 Å². The van der Waals surface area contributed by atoms with Crippen LogP contribution in [0.5, 0.6) is 5.75 Å². The van der Waals surface area contributed by atoms with E-state index < -0.39 is 10.8 Å². The fourth-order valence-electron chi connectivity index (χ4n) is 2.12. The third-order valence-electron chi connectivity index (χ3n) is 3.15. The van der Waals surface area contributed by atoms with Crippen LogP contribution >= 0.6 is 0 Å². The minimum atomic E-state index is -1.40. The lowest BCUT2D eigenvalue weighted by atomic mass is 10.3. The number of nitrogens with two attached hydrogens (primary N) is 1. The average Bonchev–Trinajstić information content (AvgIpc) is 2.92. The molecule has 1 aromatic carbocycles. The van der Waals surface area contributed by atoms with Crippen LogP contribution in [-0.2, 0) is 15.6 Å². The van der Waals surface area contributed by atoms with E-state index in [-0.39, 0.29) is 11.7 Å². The molecular formula is C13H18N2O3S. The number of nitrogen functional groups attached to an aromatic ring is 1. The first-order valence-corrected chi connectivity index (χ1v) is 7.53. The third kappa shape index (κ3) is 3.26. The second-order valence-electron chi connectivity index (χ2n) is 4.49. The highest BCUT2D eigenvalue weighted by Crippen LogP contribution is 2.25. The number of methoxy groups -OCH3 is 1. The van der Waals surface area contributed by atoms with E-state index in [1.54, 1.807) is 23.1 Å². The van der Waals surface area contributed by atoms with Gasteiger partial charge in [0, 0.05) is 24.8 Å². The standard InChI is InChI=1S/C13H18N2O3S/c1-18-11-8-10(14)4-5-12(11)19(17)9-13(16)15-6-2-3-7-15/h4-5,8H,2-3,6-7,9,14H2,1H3. The van der Waals surface area contributed by atoms with Crippen LogP contribution in [0.15, 0.2) is 23.1 Å². The van der Waals surface area contributed by atoms with Gasteiger partial charge in [0.15, 0.2) is 0 Å². The molecule has 1 fully saturated rings. The Morgan fingerprint density at radius 1 is 1.42 bits per heavy atom. The van der Waals surface area contributed by atoms with Crippen molar-refractivity contribution in [3.8, 4) is 5.75 Å². The topological polar surface area (TPSA) is 72.6 Å². The Morgan fingerprint density at radius 3 is 2.74 bits per heavy atom. The zero-order valence-electron chi connectivity index (χ0n) is 10.9. The van der Waals surface area contributed by atoms with E-state index >= 15 is 0 Å². The summed E-state index contributed by atoms with van der Waals surface area (Å²) in [5, 5.41) is 0. The predicted molar refractivity (Wildman–Crippen MR) is 74.5 cm³/mol. The molecule has 2 N–H and O–H groups in total. The molecule has 1 aliphatic heterocycles. The molecular weight excluding hydrogens is 264 g/mol. The number of hydrogen-bond acceptors (Lipinski definition) is 4. The highest BCUT2D eigenvalue weighted by molar-refractivity contribution is 7.85. The van der Waals surface area contributed by atoms with Crippen molar-refractivity contribution in [1.29, 1.82) is 0 Å². The van der Waals surface area contributed by atoms with Crippen LogP contribution in [-0.4, -0.2) is 41.0 Å². The van der Waals surface area contributed by atoms with Crippen molar-refractivity contribution in [2.24, 2.45) is 0 Å². The second-order valence-corrected chi connectivity index (χ2v) is 5.91. The van der Waals surface area contributed by atoms with Crippen molar-refractivity contribution in [2.75, 3.05) is 31.7 Å². The van der Waals surface area contributed by atoms with Gasteiger partial charge in [0.2, 0.25) is 5.91 Å². The van der Waals surface area contributed by atoms with Gasteiger partial charge in [-0.05, 0) is 25.0 Å². The Labute approximate surface area is 115 Å². The summed E-state index contributed by atoms with van der Waals surface area (Å²) in [6, 6.07) is 4.94. The Bertz CT molecular complexity index is 499. The summed E-state index contributed by atoms with van der Waals surface area (Å²) >= 11 is 0. The minimum absolute atomic E-state index is 0.000276. The van der Waals surface area contributed by atoms with Crippen LogP contribution in [0.1, 0.15) is 12.8 Å². The van der Waals surface area contributed by atoms with Gasteiger partial charge in [-0.2, -0.15) is 0 Å². The van der Waals surface area contributed by atoms with Crippen LogP contribution in [0.2, 0.25) is 0 Å². The number of carbonyl (C=O) groups is 1. The quantitative estimate of drug-likeness (QED) is 0.836. The minimum Gasteiger partial charge on any atom is -0.495 e. The Morgan fingerprint density at radius 2 is 2.11 bits per heavy atom. The molecule has 1 unspecified atom stereocenters. The van der Waals surface area contributed by atoms with Crippen molar-refractivity contribution in [3.63, 3.8) is 0 Å². The number of benzene rings is 1. The molecule has 0 radical (unpaired) electrons. The largest absolute Gasteiger partial charge is 0.495 e. The first-order valence-electron chi connectivity index (χ1n) is 6.21. The zero-order valence-corrected chi connectivity index (χ0v) is 11.7. The van der Waals surface area contributed by atoms with Gasteiger partial charge in [-0.1, -0.05) is 0 Å². The van der Waals surface area contributed by atoms with E-state index in [1.165, 1.54) is 7.11 Å². The first-order chi connectivity index (χ1) is 9.11. The summed E-state index contributed by atoms with van der Waals surface area (Å²) in [6.07, 6.45) is 2.06. The lowest BCUT2D eigenvalue weighted by Gasteiger charge is -2.15. The van der Waals surface area contributed by atoms with Crippen molar-refractivity contribution < 1.29 is 13.7 Å². The van der Waals surface area contributed by atoms with Crippen molar-refractivity contribution in [1.82, 2.24) is 4.90 Å². The third-order valence-corrected chi connectivity index (χ3v) is 4.48. The Balaban J connectivity index is 2.09. The number of ether oxygens (including phenoxy) is 1. The lowest BCUT2D eigenvalue weighted by Crippen LogP contribution is -2.31. The fourth-order valence-corrected chi connectivity index (χ4v) is 3.27. The molecule has 0 aromatic heterocycles. The van der Waals surface area contributed by atoms with Gasteiger partial charge >= 0.3 is 0 Å². The number of rotatable bonds is 4. The summed E-state index contributed by atoms with van der Waals surface area (Å²) in [7, 11) is 0.0968. The van der Waals surface area contributed by atoms with E-state index in [2.05, 4.69) is 0 Å². The molecule has 1 aliphatic rings. The summed E-state index contributed by atoms with van der Waals surface area (Å²) < 4.78 is 17.4. The second kappa shape index (κ2) is 6.06. The Kier molecular flexibility index (Phi) is 4.42. The SMILES string of the molecule is COc1cc(N)ccc1S(=O)CC(=O)N1CCCC1. The van der Waals surface area contributed by atoms with Crippen LogP contribution in [0.3, 0.4) is 0 Å². The lowest BCUT2D eigenvalue weighted by molar-refractivity contribution is -0.127.